The van der Waals surface area contributed by atoms with Gasteiger partial charge in [-0.3, -0.25) is 14.5 Å². The lowest BCUT2D eigenvalue weighted by molar-refractivity contribution is -0.151. The van der Waals surface area contributed by atoms with E-state index in [2.05, 4.69) is 5.32 Å². The molecule has 2 aliphatic heterocycles. The number of hydrogen-bond donors (Lipinski definition) is 3. The third kappa shape index (κ3) is 2.76. The van der Waals surface area contributed by atoms with Gasteiger partial charge in [0.05, 0.1) is 6.04 Å². The van der Waals surface area contributed by atoms with Crippen LogP contribution in [0.3, 0.4) is 0 Å². The number of nitrogens with two attached hydrogens (primary N) is 1. The number of carboxylic acid groups (broad SMARTS) is 1. The van der Waals surface area contributed by atoms with Gasteiger partial charge >= 0.3 is 5.97 Å². The van der Waals surface area contributed by atoms with Crippen molar-refractivity contribution in [2.75, 3.05) is 5.75 Å². The van der Waals surface area contributed by atoms with Gasteiger partial charge in [-0.25, -0.2) is 4.79 Å². The molecule has 0 aromatic rings. The van der Waals surface area contributed by atoms with Gasteiger partial charge in [0.25, 0.3) is 5.91 Å². The number of rotatable bonds is 4. The Kier molecular flexibility index (Phi) is 4.51. The van der Waals surface area contributed by atoms with Gasteiger partial charge in [0.2, 0.25) is 5.91 Å². The molecule has 8 heteroatoms. The van der Waals surface area contributed by atoms with Crippen molar-refractivity contribution in [3.05, 3.63) is 35.6 Å². The molecule has 4 atom stereocenters. The van der Waals surface area contributed by atoms with Crippen LogP contribution >= 0.6 is 11.8 Å². The Morgan fingerprint density at radius 1 is 1.46 bits per heavy atom. The average molecular weight is 349 g/mol. The predicted molar refractivity (Wildman–Crippen MR) is 89.7 cm³/mol. The van der Waals surface area contributed by atoms with Crippen LogP contribution in [-0.4, -0.2) is 51.0 Å². The van der Waals surface area contributed by atoms with E-state index >= 15 is 0 Å². The van der Waals surface area contributed by atoms with E-state index in [4.69, 9.17) is 5.73 Å². The number of nitrogens with zero attached hydrogens (tertiary/aromatic N) is 1. The van der Waals surface area contributed by atoms with E-state index in [1.807, 2.05) is 24.3 Å². The molecule has 2 heterocycles. The molecule has 128 valence electrons. The van der Waals surface area contributed by atoms with Gasteiger partial charge in [-0.05, 0) is 18.9 Å². The van der Waals surface area contributed by atoms with Gasteiger partial charge < -0.3 is 16.2 Å². The van der Waals surface area contributed by atoms with Gasteiger partial charge in [0.1, 0.15) is 17.1 Å². The molecule has 0 aromatic heterocycles. The molecule has 0 spiro atoms. The first kappa shape index (κ1) is 16.8. The maximum absolute atomic E-state index is 12.3. The second-order valence-corrected chi connectivity index (χ2v) is 7.17. The van der Waals surface area contributed by atoms with Crippen molar-refractivity contribution in [2.45, 2.75) is 30.8 Å². The summed E-state index contributed by atoms with van der Waals surface area (Å²) in [4.78, 5) is 37.3. The number of thioether (sulfide) groups is 1. The van der Waals surface area contributed by atoms with Crippen LogP contribution in [0.15, 0.2) is 35.6 Å². The zero-order valence-corrected chi connectivity index (χ0v) is 14.0. The summed E-state index contributed by atoms with van der Waals surface area (Å²) in [7, 11) is 0. The molecule has 1 aliphatic carbocycles. The Bertz CT molecular complexity index is 685. The molecule has 0 saturated carbocycles. The van der Waals surface area contributed by atoms with Crippen LogP contribution in [0, 0.1) is 5.92 Å². The minimum Gasteiger partial charge on any atom is -0.477 e. The first-order valence-electron chi connectivity index (χ1n) is 7.69. The molecule has 3 rings (SSSR count). The van der Waals surface area contributed by atoms with E-state index in [0.29, 0.717) is 17.7 Å². The highest BCUT2D eigenvalue weighted by molar-refractivity contribution is 8.00. The molecule has 0 bridgehead atoms. The summed E-state index contributed by atoms with van der Waals surface area (Å²) in [5.74, 6) is -1.49. The normalized spacial score (nSPS) is 29.8. The number of hydrogen-bond acceptors (Lipinski definition) is 5. The molecule has 1 fully saturated rings. The lowest BCUT2D eigenvalue weighted by Crippen LogP contribution is -2.71. The highest BCUT2D eigenvalue weighted by atomic mass is 32.2. The highest BCUT2D eigenvalue weighted by Crippen LogP contribution is 2.40. The molecule has 7 nitrogen and oxygen atoms in total. The molecule has 0 radical (unpaired) electrons. The standard InChI is InChI=1S/C16H19N3O4S/c1-8-7-24-15-11(14(21)19(15)12(8)16(22)23)18-13(20)10(17)9-5-3-2-4-6-9/h2-5,9-11,15H,6-7,17H2,1H3,(H,18,20)(H,22,23)/t9?,10-,11-,15-/m1/s1. The lowest BCUT2D eigenvalue weighted by Gasteiger charge is -2.49. The van der Waals surface area contributed by atoms with Crippen LogP contribution in [0.4, 0.5) is 0 Å². The van der Waals surface area contributed by atoms with Crippen molar-refractivity contribution in [1.82, 2.24) is 10.2 Å². The molecule has 1 saturated heterocycles. The number of allylic oxidation sites excluding steroid dienone is 3. The zero-order chi connectivity index (χ0) is 17.4. The number of aliphatic carboxylic acids is 1. The van der Waals surface area contributed by atoms with Gasteiger partial charge in [0, 0.05) is 11.7 Å². The fourth-order valence-electron chi connectivity index (χ4n) is 3.09. The van der Waals surface area contributed by atoms with E-state index in [-0.39, 0.29) is 22.9 Å². The second kappa shape index (κ2) is 6.45. The first-order valence-corrected chi connectivity index (χ1v) is 8.73. The summed E-state index contributed by atoms with van der Waals surface area (Å²) < 4.78 is 0. The Morgan fingerprint density at radius 2 is 2.21 bits per heavy atom. The smallest absolute Gasteiger partial charge is 0.352 e. The summed E-state index contributed by atoms with van der Waals surface area (Å²) in [5, 5.41) is 11.6. The number of amides is 2. The fraction of sp³-hybridized carbons (Fsp3) is 0.438. The van der Waals surface area contributed by atoms with Crippen LogP contribution in [-0.2, 0) is 14.4 Å². The predicted octanol–water partition coefficient (Wildman–Crippen LogP) is 0.205. The molecule has 3 aliphatic rings. The van der Waals surface area contributed by atoms with Crippen molar-refractivity contribution in [3.63, 3.8) is 0 Å². The van der Waals surface area contributed by atoms with E-state index in [9.17, 15) is 19.5 Å². The third-order valence-corrected chi connectivity index (χ3v) is 5.86. The lowest BCUT2D eigenvalue weighted by atomic mass is 9.92. The number of fused-ring (bicyclic) bond motifs is 1. The summed E-state index contributed by atoms with van der Waals surface area (Å²) in [5.41, 5.74) is 6.68. The van der Waals surface area contributed by atoms with E-state index in [0.717, 1.165) is 0 Å². The third-order valence-electron chi connectivity index (χ3n) is 4.44. The molecule has 2 amide bonds. The Hall–Kier alpha value is -2.06. The van der Waals surface area contributed by atoms with Crippen molar-refractivity contribution in [1.29, 1.82) is 0 Å². The van der Waals surface area contributed by atoms with Crippen molar-refractivity contribution >= 4 is 29.5 Å². The summed E-state index contributed by atoms with van der Waals surface area (Å²) >= 11 is 1.45. The Morgan fingerprint density at radius 3 is 2.83 bits per heavy atom. The number of β-lactam (4-membered cyclic amide) rings is 1. The Labute approximate surface area is 143 Å². The number of carbonyl (C=O) groups excluding carboxylic acids is 2. The van der Waals surface area contributed by atoms with Crippen LogP contribution in [0.1, 0.15) is 13.3 Å². The maximum atomic E-state index is 12.3. The molecule has 4 N–H and O–H groups in total. The zero-order valence-electron chi connectivity index (χ0n) is 13.1. The van der Waals surface area contributed by atoms with E-state index in [1.165, 1.54) is 16.7 Å². The fourth-order valence-corrected chi connectivity index (χ4v) is 4.38. The van der Waals surface area contributed by atoms with Crippen LogP contribution in [0.25, 0.3) is 0 Å². The van der Waals surface area contributed by atoms with E-state index < -0.39 is 24.0 Å². The van der Waals surface area contributed by atoms with Gasteiger partial charge in [-0.15, -0.1) is 11.8 Å². The molecular weight excluding hydrogens is 330 g/mol. The van der Waals surface area contributed by atoms with Gasteiger partial charge in [0.15, 0.2) is 0 Å². The molecule has 1 unspecified atom stereocenters. The average Bonchev–Trinajstić information content (AvgIpc) is 2.59. The molecule has 0 aromatic carbocycles. The molecule has 24 heavy (non-hydrogen) atoms. The van der Waals surface area contributed by atoms with Crippen LogP contribution in [0.2, 0.25) is 0 Å². The van der Waals surface area contributed by atoms with Crippen molar-refractivity contribution < 1.29 is 19.5 Å². The van der Waals surface area contributed by atoms with Crippen LogP contribution in [0.5, 0.6) is 0 Å². The largest absolute Gasteiger partial charge is 0.477 e. The summed E-state index contributed by atoms with van der Waals surface area (Å²) in [6.07, 6.45) is 8.25. The summed E-state index contributed by atoms with van der Waals surface area (Å²) in [6.45, 7) is 1.70. The number of carbonyl (C=O) groups is 3. The maximum Gasteiger partial charge on any atom is 0.352 e. The quantitative estimate of drug-likeness (QED) is 0.625. The monoisotopic (exact) mass is 349 g/mol. The van der Waals surface area contributed by atoms with Crippen LogP contribution < -0.4 is 11.1 Å². The minimum atomic E-state index is -1.12. The van der Waals surface area contributed by atoms with Gasteiger partial charge in [-0.1, -0.05) is 24.3 Å². The van der Waals surface area contributed by atoms with Crippen molar-refractivity contribution in [2.24, 2.45) is 11.7 Å². The number of carboxylic acids is 1. The highest BCUT2D eigenvalue weighted by Gasteiger charge is 2.54. The SMILES string of the molecule is CC1=C(C(=O)O)N2C(=O)[C@@H](NC(=O)[C@H](N)C3C=CC=CC3)[C@H]2SC1. The minimum absolute atomic E-state index is 0.0268. The number of nitrogens with one attached hydrogen (secondary N) is 1. The molecular formula is C16H19N3O4S. The van der Waals surface area contributed by atoms with E-state index in [1.54, 1.807) is 6.92 Å². The second-order valence-electron chi connectivity index (χ2n) is 6.07. The topological polar surface area (TPSA) is 113 Å². The Balaban J connectivity index is 1.67. The first-order chi connectivity index (χ1) is 11.4. The summed E-state index contributed by atoms with van der Waals surface area (Å²) in [6, 6.07) is -1.46. The van der Waals surface area contributed by atoms with Gasteiger partial charge in [-0.2, -0.15) is 0 Å². The van der Waals surface area contributed by atoms with Crippen molar-refractivity contribution in [3.8, 4) is 0 Å².